The quantitative estimate of drug-likeness (QED) is 0.926. The largest absolute Gasteiger partial charge is 0.438 e. The molecule has 0 aliphatic carbocycles. The van der Waals surface area contributed by atoms with Gasteiger partial charge in [0.25, 0.3) is 0 Å². The fourth-order valence-corrected chi connectivity index (χ4v) is 1.56. The van der Waals surface area contributed by atoms with E-state index < -0.39 is 5.82 Å². The number of rotatable bonds is 3. The Balaban J connectivity index is 2.31. The molecule has 4 nitrogen and oxygen atoms in total. The Labute approximate surface area is 109 Å². The molecule has 18 heavy (non-hydrogen) atoms. The second kappa shape index (κ2) is 5.18. The van der Waals surface area contributed by atoms with Crippen molar-refractivity contribution in [2.75, 3.05) is 12.4 Å². The van der Waals surface area contributed by atoms with Crippen molar-refractivity contribution in [2.45, 2.75) is 6.92 Å². The SMILES string of the molecule is CNc1ncnc(Oc2ccc(Cl)c(F)c2)c1C. The molecule has 0 spiro atoms. The van der Waals surface area contributed by atoms with Gasteiger partial charge in [0, 0.05) is 13.1 Å². The van der Waals surface area contributed by atoms with E-state index >= 15 is 0 Å². The number of nitrogens with one attached hydrogen (secondary N) is 1. The monoisotopic (exact) mass is 267 g/mol. The van der Waals surface area contributed by atoms with Gasteiger partial charge >= 0.3 is 0 Å². The van der Waals surface area contributed by atoms with Crippen molar-refractivity contribution in [3.05, 3.63) is 40.9 Å². The zero-order valence-electron chi connectivity index (χ0n) is 9.87. The topological polar surface area (TPSA) is 47.0 Å². The minimum Gasteiger partial charge on any atom is -0.438 e. The van der Waals surface area contributed by atoms with Crippen molar-refractivity contribution in [1.82, 2.24) is 9.97 Å². The molecule has 1 aromatic heterocycles. The van der Waals surface area contributed by atoms with E-state index in [4.69, 9.17) is 16.3 Å². The molecule has 0 aliphatic heterocycles. The molecule has 0 amide bonds. The van der Waals surface area contributed by atoms with Gasteiger partial charge in [0.2, 0.25) is 5.88 Å². The summed E-state index contributed by atoms with van der Waals surface area (Å²) in [6, 6.07) is 4.22. The predicted molar refractivity (Wildman–Crippen MR) is 67.8 cm³/mol. The number of hydrogen-bond acceptors (Lipinski definition) is 4. The summed E-state index contributed by atoms with van der Waals surface area (Å²) >= 11 is 5.60. The lowest BCUT2D eigenvalue weighted by Crippen LogP contribution is -1.99. The number of ether oxygens (including phenoxy) is 1. The molecule has 6 heteroatoms. The average Bonchev–Trinajstić information content (AvgIpc) is 2.36. The fraction of sp³-hybridized carbons (Fsp3) is 0.167. The van der Waals surface area contributed by atoms with E-state index in [0.29, 0.717) is 17.4 Å². The fourth-order valence-electron chi connectivity index (χ4n) is 1.44. The molecule has 1 N–H and O–H groups in total. The van der Waals surface area contributed by atoms with E-state index in [-0.39, 0.29) is 5.02 Å². The van der Waals surface area contributed by atoms with Gasteiger partial charge in [-0.1, -0.05) is 11.6 Å². The normalized spacial score (nSPS) is 10.2. The third-order valence-electron chi connectivity index (χ3n) is 2.38. The average molecular weight is 268 g/mol. The molecule has 2 aromatic rings. The van der Waals surface area contributed by atoms with Crippen molar-refractivity contribution < 1.29 is 9.13 Å². The van der Waals surface area contributed by atoms with Crippen LogP contribution >= 0.6 is 11.6 Å². The highest BCUT2D eigenvalue weighted by Crippen LogP contribution is 2.27. The number of halogens is 2. The first-order valence-corrected chi connectivity index (χ1v) is 5.62. The minimum absolute atomic E-state index is 0.0534. The van der Waals surface area contributed by atoms with Crippen LogP contribution in [0.3, 0.4) is 0 Å². The van der Waals surface area contributed by atoms with Crippen LogP contribution in [0.2, 0.25) is 5.02 Å². The van der Waals surface area contributed by atoms with E-state index in [1.807, 2.05) is 6.92 Å². The van der Waals surface area contributed by atoms with Gasteiger partial charge in [0.15, 0.2) is 0 Å². The molecule has 0 unspecified atom stereocenters. The molecular weight excluding hydrogens is 257 g/mol. The highest BCUT2D eigenvalue weighted by Gasteiger charge is 2.09. The molecule has 0 saturated heterocycles. The summed E-state index contributed by atoms with van der Waals surface area (Å²) in [5.41, 5.74) is 0.746. The van der Waals surface area contributed by atoms with E-state index in [0.717, 1.165) is 5.56 Å². The van der Waals surface area contributed by atoms with E-state index in [9.17, 15) is 4.39 Å². The Bertz CT molecular complexity index is 577. The molecule has 0 fully saturated rings. The summed E-state index contributed by atoms with van der Waals surface area (Å²) in [6.45, 7) is 1.81. The molecule has 1 aromatic carbocycles. The molecule has 0 saturated carbocycles. The van der Waals surface area contributed by atoms with E-state index in [1.54, 1.807) is 13.1 Å². The molecule has 94 valence electrons. The van der Waals surface area contributed by atoms with Crippen LogP contribution in [0.25, 0.3) is 0 Å². The maximum Gasteiger partial charge on any atom is 0.227 e. The highest BCUT2D eigenvalue weighted by molar-refractivity contribution is 6.30. The zero-order valence-corrected chi connectivity index (χ0v) is 10.6. The maximum absolute atomic E-state index is 13.3. The molecule has 1 heterocycles. The van der Waals surface area contributed by atoms with Gasteiger partial charge in [0.05, 0.1) is 10.6 Å². The summed E-state index contributed by atoms with van der Waals surface area (Å²) in [6.07, 6.45) is 1.38. The van der Waals surface area contributed by atoms with Gasteiger partial charge < -0.3 is 10.1 Å². The molecule has 0 aliphatic rings. The molecule has 0 bridgehead atoms. The Kier molecular flexibility index (Phi) is 3.62. The lowest BCUT2D eigenvalue weighted by atomic mass is 10.3. The summed E-state index contributed by atoms with van der Waals surface area (Å²) in [7, 11) is 1.75. The molecular formula is C12H11ClFN3O. The number of benzene rings is 1. The second-order valence-corrected chi connectivity index (χ2v) is 3.99. The van der Waals surface area contributed by atoms with E-state index in [1.165, 1.54) is 18.5 Å². The zero-order chi connectivity index (χ0) is 13.1. The Hall–Kier alpha value is -1.88. The third kappa shape index (κ3) is 2.51. The van der Waals surface area contributed by atoms with Crippen LogP contribution in [-0.2, 0) is 0 Å². The molecule has 2 rings (SSSR count). The summed E-state index contributed by atoms with van der Waals surface area (Å²) in [4.78, 5) is 8.04. The van der Waals surface area contributed by atoms with Crippen molar-refractivity contribution in [1.29, 1.82) is 0 Å². The van der Waals surface area contributed by atoms with Crippen LogP contribution in [0.1, 0.15) is 5.56 Å². The number of anilines is 1. The van der Waals surface area contributed by atoms with Gasteiger partial charge in [0.1, 0.15) is 23.7 Å². The Morgan fingerprint density at radius 1 is 1.33 bits per heavy atom. The Morgan fingerprint density at radius 3 is 2.78 bits per heavy atom. The summed E-state index contributed by atoms with van der Waals surface area (Å²) in [5, 5.41) is 2.97. The van der Waals surface area contributed by atoms with Gasteiger partial charge in [-0.05, 0) is 19.1 Å². The summed E-state index contributed by atoms with van der Waals surface area (Å²) in [5.74, 6) is 0.834. The smallest absolute Gasteiger partial charge is 0.227 e. The van der Waals surface area contributed by atoms with Gasteiger partial charge in [-0.2, -0.15) is 0 Å². The van der Waals surface area contributed by atoms with Crippen molar-refractivity contribution in [3.8, 4) is 11.6 Å². The van der Waals surface area contributed by atoms with Gasteiger partial charge in [-0.3, -0.25) is 0 Å². The lowest BCUT2D eigenvalue weighted by Gasteiger charge is -2.10. The van der Waals surface area contributed by atoms with Crippen LogP contribution in [-0.4, -0.2) is 17.0 Å². The van der Waals surface area contributed by atoms with Crippen LogP contribution in [0.4, 0.5) is 10.2 Å². The summed E-state index contributed by atoms with van der Waals surface area (Å²) < 4.78 is 18.8. The highest BCUT2D eigenvalue weighted by atomic mass is 35.5. The van der Waals surface area contributed by atoms with E-state index in [2.05, 4.69) is 15.3 Å². The maximum atomic E-state index is 13.3. The van der Waals surface area contributed by atoms with Gasteiger partial charge in [-0.15, -0.1) is 0 Å². The minimum atomic E-state index is -0.533. The first kappa shape index (κ1) is 12.6. The Morgan fingerprint density at radius 2 is 2.11 bits per heavy atom. The number of aromatic nitrogens is 2. The number of hydrogen-bond donors (Lipinski definition) is 1. The lowest BCUT2D eigenvalue weighted by molar-refractivity contribution is 0.453. The van der Waals surface area contributed by atoms with Crippen LogP contribution < -0.4 is 10.1 Å². The van der Waals surface area contributed by atoms with Crippen molar-refractivity contribution >= 4 is 17.4 Å². The number of nitrogens with zero attached hydrogens (tertiary/aromatic N) is 2. The van der Waals surface area contributed by atoms with Crippen LogP contribution in [0.5, 0.6) is 11.6 Å². The van der Waals surface area contributed by atoms with Crippen LogP contribution in [0, 0.1) is 12.7 Å². The van der Waals surface area contributed by atoms with Crippen LogP contribution in [0.15, 0.2) is 24.5 Å². The predicted octanol–water partition coefficient (Wildman–Crippen LogP) is 3.41. The second-order valence-electron chi connectivity index (χ2n) is 3.58. The molecule has 0 atom stereocenters. The molecule has 0 radical (unpaired) electrons. The third-order valence-corrected chi connectivity index (χ3v) is 2.69. The first-order valence-electron chi connectivity index (χ1n) is 5.24. The standard InChI is InChI=1S/C12H11ClFN3O/c1-7-11(15-2)16-6-17-12(7)18-8-3-4-9(13)10(14)5-8/h3-6H,1-2H3,(H,15,16,17). The van der Waals surface area contributed by atoms with Gasteiger partial charge in [-0.25, -0.2) is 14.4 Å². The van der Waals surface area contributed by atoms with Crippen molar-refractivity contribution in [2.24, 2.45) is 0 Å². The first-order chi connectivity index (χ1) is 8.61. The van der Waals surface area contributed by atoms with Crippen molar-refractivity contribution in [3.63, 3.8) is 0 Å².